The first-order valence-corrected chi connectivity index (χ1v) is 8.50. The highest BCUT2D eigenvalue weighted by molar-refractivity contribution is 9.10. The number of ether oxygens (including phenoxy) is 2. The predicted molar refractivity (Wildman–Crippen MR) is 87.6 cm³/mol. The Kier molecular flexibility index (Phi) is 6.52. The van der Waals surface area contributed by atoms with Crippen molar-refractivity contribution in [2.24, 2.45) is 11.8 Å². The van der Waals surface area contributed by atoms with E-state index in [2.05, 4.69) is 22.9 Å². The lowest BCUT2D eigenvalue weighted by Crippen LogP contribution is -2.19. The molecule has 2 rings (SSSR count). The Morgan fingerprint density at radius 3 is 2.57 bits per heavy atom. The molecule has 0 heterocycles. The third-order valence-corrected chi connectivity index (χ3v) is 4.97. The van der Waals surface area contributed by atoms with Crippen LogP contribution < -0.4 is 4.74 Å². The second kappa shape index (κ2) is 8.16. The number of aliphatic hydroxyl groups excluding tert-OH is 1. The maximum Gasteiger partial charge on any atom is 0.133 e. The number of hydrogen-bond acceptors (Lipinski definition) is 3. The Morgan fingerprint density at radius 2 is 1.95 bits per heavy atom. The molecule has 0 spiro atoms. The van der Waals surface area contributed by atoms with Crippen LogP contribution in [0.15, 0.2) is 22.7 Å². The lowest BCUT2D eigenvalue weighted by molar-refractivity contribution is 0.0754. The van der Waals surface area contributed by atoms with Crippen molar-refractivity contribution < 1.29 is 14.6 Å². The van der Waals surface area contributed by atoms with Crippen molar-refractivity contribution in [3.63, 3.8) is 0 Å². The van der Waals surface area contributed by atoms with Gasteiger partial charge in [0.25, 0.3) is 0 Å². The van der Waals surface area contributed by atoms with Crippen LogP contribution in [0.4, 0.5) is 0 Å². The molecule has 1 aliphatic rings. The van der Waals surface area contributed by atoms with Gasteiger partial charge in [-0.1, -0.05) is 25.8 Å². The van der Waals surface area contributed by atoms with Gasteiger partial charge in [-0.15, -0.1) is 0 Å². The summed E-state index contributed by atoms with van der Waals surface area (Å²) >= 11 is 3.52. The number of halogens is 1. The van der Waals surface area contributed by atoms with Gasteiger partial charge in [0, 0.05) is 7.11 Å². The summed E-state index contributed by atoms with van der Waals surface area (Å²) in [6.45, 7) is 3.39. The van der Waals surface area contributed by atoms with E-state index in [1.807, 2.05) is 18.2 Å². The van der Waals surface area contributed by atoms with Crippen molar-refractivity contribution in [2.75, 3.05) is 20.3 Å². The van der Waals surface area contributed by atoms with Crippen LogP contribution in [-0.2, 0) is 4.74 Å². The van der Waals surface area contributed by atoms with Crippen molar-refractivity contribution in [3.05, 3.63) is 28.2 Å². The molecule has 1 aromatic carbocycles. The fraction of sp³-hybridized carbons (Fsp3) is 0.647. The van der Waals surface area contributed by atoms with Crippen LogP contribution in [0.25, 0.3) is 0 Å². The first-order chi connectivity index (χ1) is 10.1. The summed E-state index contributed by atoms with van der Waals surface area (Å²) < 4.78 is 11.5. The van der Waals surface area contributed by atoms with E-state index in [-0.39, 0.29) is 6.10 Å². The topological polar surface area (TPSA) is 38.7 Å². The van der Waals surface area contributed by atoms with Gasteiger partial charge in [0.1, 0.15) is 12.4 Å². The maximum atomic E-state index is 10.6. The summed E-state index contributed by atoms with van der Waals surface area (Å²) in [4.78, 5) is 0. The largest absolute Gasteiger partial charge is 0.490 e. The third-order valence-electron chi connectivity index (χ3n) is 4.35. The minimum absolute atomic E-state index is 0.373. The molecule has 21 heavy (non-hydrogen) atoms. The van der Waals surface area contributed by atoms with Crippen LogP contribution in [-0.4, -0.2) is 25.4 Å². The third kappa shape index (κ3) is 4.70. The lowest BCUT2D eigenvalue weighted by atomic mass is 9.78. The molecule has 1 saturated carbocycles. The van der Waals surface area contributed by atoms with Crippen LogP contribution in [0, 0.1) is 11.8 Å². The van der Waals surface area contributed by atoms with Crippen molar-refractivity contribution in [2.45, 2.75) is 38.7 Å². The number of methoxy groups -OCH3 is 1. The highest BCUT2D eigenvalue weighted by Gasteiger charge is 2.26. The zero-order valence-corrected chi connectivity index (χ0v) is 14.4. The molecule has 118 valence electrons. The summed E-state index contributed by atoms with van der Waals surface area (Å²) in [5.41, 5.74) is 0.973. The summed E-state index contributed by atoms with van der Waals surface area (Å²) in [6.07, 6.45) is 4.31. The average molecular weight is 357 g/mol. The highest BCUT2D eigenvalue weighted by Crippen LogP contribution is 2.38. The van der Waals surface area contributed by atoms with Crippen LogP contribution in [0.5, 0.6) is 5.75 Å². The van der Waals surface area contributed by atoms with Crippen molar-refractivity contribution in [1.29, 1.82) is 0 Å². The SMILES string of the molecule is COCCOc1ccc(C(O)C2CCC(C)CC2)cc1Br. The first-order valence-electron chi connectivity index (χ1n) is 7.71. The molecule has 1 aromatic rings. The van der Waals surface area contributed by atoms with Gasteiger partial charge in [-0.25, -0.2) is 0 Å². The molecule has 1 atom stereocenters. The summed E-state index contributed by atoms with van der Waals surface area (Å²) in [6, 6.07) is 5.87. The molecule has 3 nitrogen and oxygen atoms in total. The molecule has 0 radical (unpaired) electrons. The monoisotopic (exact) mass is 356 g/mol. The predicted octanol–water partition coefficient (Wildman–Crippen LogP) is 4.33. The van der Waals surface area contributed by atoms with E-state index in [0.29, 0.717) is 19.1 Å². The van der Waals surface area contributed by atoms with E-state index in [9.17, 15) is 5.11 Å². The summed E-state index contributed by atoms with van der Waals surface area (Å²) in [5.74, 6) is 1.98. The van der Waals surface area contributed by atoms with Crippen LogP contribution in [0.3, 0.4) is 0 Å². The molecule has 0 amide bonds. The lowest BCUT2D eigenvalue weighted by Gasteiger charge is -2.30. The van der Waals surface area contributed by atoms with Gasteiger partial charge in [0.15, 0.2) is 0 Å². The molecule has 1 N–H and O–H groups in total. The first kappa shape index (κ1) is 16.8. The Labute approximate surface area is 135 Å². The Morgan fingerprint density at radius 1 is 1.24 bits per heavy atom. The van der Waals surface area contributed by atoms with Crippen molar-refractivity contribution >= 4 is 15.9 Å². The smallest absolute Gasteiger partial charge is 0.133 e. The standard InChI is InChI=1S/C17H25BrO3/c1-12-3-5-13(6-4-12)17(19)14-7-8-16(15(18)11-14)21-10-9-20-2/h7-8,11-13,17,19H,3-6,9-10H2,1-2H3. The number of rotatable bonds is 6. The summed E-state index contributed by atoms with van der Waals surface area (Å²) in [5, 5.41) is 10.6. The Bertz CT molecular complexity index is 442. The quantitative estimate of drug-likeness (QED) is 0.770. The number of hydrogen-bond donors (Lipinski definition) is 1. The Balaban J connectivity index is 1.98. The van der Waals surface area contributed by atoms with E-state index in [1.54, 1.807) is 7.11 Å². The molecule has 0 bridgehead atoms. The Hall–Kier alpha value is -0.580. The highest BCUT2D eigenvalue weighted by atomic mass is 79.9. The number of benzene rings is 1. The zero-order chi connectivity index (χ0) is 15.2. The average Bonchev–Trinajstić information content (AvgIpc) is 2.49. The van der Waals surface area contributed by atoms with Crippen LogP contribution in [0.2, 0.25) is 0 Å². The van der Waals surface area contributed by atoms with Crippen molar-refractivity contribution in [1.82, 2.24) is 0 Å². The second-order valence-electron chi connectivity index (χ2n) is 6.00. The molecule has 0 saturated heterocycles. The normalized spacial score (nSPS) is 23.8. The van der Waals surface area contributed by atoms with Gasteiger partial charge in [0.2, 0.25) is 0 Å². The van der Waals surface area contributed by atoms with E-state index < -0.39 is 0 Å². The number of aliphatic hydroxyl groups is 1. The van der Waals surface area contributed by atoms with E-state index in [1.165, 1.54) is 12.8 Å². The van der Waals surface area contributed by atoms with Gasteiger partial charge in [-0.2, -0.15) is 0 Å². The molecular formula is C17H25BrO3. The minimum Gasteiger partial charge on any atom is -0.490 e. The van der Waals surface area contributed by atoms with Gasteiger partial charge in [-0.05, 0) is 58.3 Å². The maximum absolute atomic E-state index is 10.6. The second-order valence-corrected chi connectivity index (χ2v) is 6.85. The fourth-order valence-electron chi connectivity index (χ4n) is 2.93. The van der Waals surface area contributed by atoms with Gasteiger partial charge in [0.05, 0.1) is 17.2 Å². The molecule has 1 aliphatic carbocycles. The molecule has 0 aliphatic heterocycles. The minimum atomic E-state index is -0.373. The van der Waals surface area contributed by atoms with E-state index in [0.717, 1.165) is 34.5 Å². The van der Waals surface area contributed by atoms with E-state index >= 15 is 0 Å². The molecular weight excluding hydrogens is 332 g/mol. The van der Waals surface area contributed by atoms with Crippen LogP contribution >= 0.6 is 15.9 Å². The molecule has 1 fully saturated rings. The molecule has 0 aromatic heterocycles. The zero-order valence-electron chi connectivity index (χ0n) is 12.8. The molecule has 4 heteroatoms. The van der Waals surface area contributed by atoms with Gasteiger partial charge < -0.3 is 14.6 Å². The van der Waals surface area contributed by atoms with Gasteiger partial charge >= 0.3 is 0 Å². The van der Waals surface area contributed by atoms with Crippen LogP contribution in [0.1, 0.15) is 44.3 Å². The molecule has 1 unspecified atom stereocenters. The van der Waals surface area contributed by atoms with Crippen molar-refractivity contribution in [3.8, 4) is 5.75 Å². The van der Waals surface area contributed by atoms with E-state index in [4.69, 9.17) is 9.47 Å². The fourth-order valence-corrected chi connectivity index (χ4v) is 3.44. The summed E-state index contributed by atoms with van der Waals surface area (Å²) in [7, 11) is 1.66. The van der Waals surface area contributed by atoms with Gasteiger partial charge in [-0.3, -0.25) is 0 Å².